The highest BCUT2D eigenvalue weighted by Gasteiger charge is 2.24. The van der Waals surface area contributed by atoms with Gasteiger partial charge >= 0.3 is 0 Å². The lowest BCUT2D eigenvalue weighted by molar-refractivity contribution is 0.122. The number of piperidine rings is 1. The fourth-order valence-corrected chi connectivity index (χ4v) is 4.01. The van der Waals surface area contributed by atoms with Gasteiger partial charge in [0, 0.05) is 31.6 Å². The van der Waals surface area contributed by atoms with E-state index < -0.39 is 0 Å². The smallest absolute Gasteiger partial charge is 0.229 e. The first-order valence-corrected chi connectivity index (χ1v) is 10.5. The molecule has 2 aliphatic heterocycles. The van der Waals surface area contributed by atoms with E-state index in [0.29, 0.717) is 31.7 Å². The van der Waals surface area contributed by atoms with Gasteiger partial charge in [0.15, 0.2) is 0 Å². The fourth-order valence-electron chi connectivity index (χ4n) is 4.01. The molecule has 7 nitrogen and oxygen atoms in total. The molecule has 0 saturated carbocycles. The largest absolute Gasteiger partial charge is 0.493 e. The van der Waals surface area contributed by atoms with Gasteiger partial charge in [0.2, 0.25) is 11.8 Å². The molecule has 1 aromatic heterocycles. The molecule has 158 valence electrons. The maximum absolute atomic E-state index is 10.1. The van der Waals surface area contributed by atoms with E-state index in [1.807, 2.05) is 12.1 Å². The van der Waals surface area contributed by atoms with Gasteiger partial charge in [-0.2, -0.15) is 4.98 Å². The lowest BCUT2D eigenvalue weighted by Gasteiger charge is -2.32. The lowest BCUT2D eigenvalue weighted by atomic mass is 9.93. The summed E-state index contributed by atoms with van der Waals surface area (Å²) < 4.78 is 10.8. The lowest BCUT2D eigenvalue weighted by Crippen LogP contribution is -2.37. The maximum atomic E-state index is 10.1. The van der Waals surface area contributed by atoms with Crippen LogP contribution in [0.25, 0.3) is 0 Å². The summed E-state index contributed by atoms with van der Waals surface area (Å²) in [5.41, 5.74) is 2.20. The molecule has 2 fully saturated rings. The van der Waals surface area contributed by atoms with Crippen LogP contribution in [0.3, 0.4) is 0 Å². The van der Waals surface area contributed by atoms with E-state index in [1.54, 1.807) is 6.07 Å². The molecule has 2 aromatic rings. The molecule has 2 aliphatic rings. The highest BCUT2D eigenvalue weighted by atomic mass is 16.5. The number of aromatic nitrogens is 2. The van der Waals surface area contributed by atoms with Crippen molar-refractivity contribution in [1.29, 1.82) is 0 Å². The van der Waals surface area contributed by atoms with E-state index in [4.69, 9.17) is 20.9 Å². The number of likely N-dealkylation sites (tertiary alicyclic amines) is 1. The van der Waals surface area contributed by atoms with Crippen LogP contribution in [0.15, 0.2) is 30.3 Å². The second-order valence-electron chi connectivity index (χ2n) is 7.74. The molecular formula is C23H28N4O3. The predicted molar refractivity (Wildman–Crippen MR) is 115 cm³/mol. The summed E-state index contributed by atoms with van der Waals surface area (Å²) in [7, 11) is 0. The Balaban J connectivity index is 1.33. The van der Waals surface area contributed by atoms with Crippen molar-refractivity contribution in [3.05, 3.63) is 41.6 Å². The van der Waals surface area contributed by atoms with Gasteiger partial charge in [-0.05, 0) is 43.6 Å². The van der Waals surface area contributed by atoms with Crippen LogP contribution < -0.4 is 9.64 Å². The van der Waals surface area contributed by atoms with Crippen molar-refractivity contribution in [3.63, 3.8) is 0 Å². The predicted octanol–water partition coefficient (Wildman–Crippen LogP) is 2.41. The van der Waals surface area contributed by atoms with Gasteiger partial charge in [-0.15, -0.1) is 6.42 Å². The van der Waals surface area contributed by atoms with Crippen molar-refractivity contribution in [2.75, 3.05) is 50.9 Å². The minimum Gasteiger partial charge on any atom is -0.493 e. The minimum absolute atomic E-state index is 0.0519. The van der Waals surface area contributed by atoms with Gasteiger partial charge in [0.1, 0.15) is 12.4 Å². The van der Waals surface area contributed by atoms with Crippen molar-refractivity contribution < 1.29 is 14.6 Å². The Morgan fingerprint density at radius 3 is 2.53 bits per heavy atom. The van der Waals surface area contributed by atoms with Crippen molar-refractivity contribution in [1.82, 2.24) is 14.9 Å². The highest BCUT2D eigenvalue weighted by molar-refractivity contribution is 5.35. The summed E-state index contributed by atoms with van der Waals surface area (Å²) >= 11 is 0. The van der Waals surface area contributed by atoms with Crippen LogP contribution >= 0.6 is 0 Å². The molecule has 0 radical (unpaired) electrons. The molecule has 2 saturated heterocycles. The third kappa shape index (κ3) is 5.21. The van der Waals surface area contributed by atoms with E-state index in [9.17, 15) is 5.11 Å². The average molecular weight is 409 g/mol. The van der Waals surface area contributed by atoms with Crippen molar-refractivity contribution in [3.8, 4) is 24.0 Å². The van der Waals surface area contributed by atoms with Gasteiger partial charge in [0.05, 0.1) is 18.9 Å². The number of benzene rings is 1. The number of nitrogens with zero attached hydrogens (tertiary/aromatic N) is 4. The quantitative estimate of drug-likeness (QED) is 0.736. The first-order valence-electron chi connectivity index (χ1n) is 10.5. The number of terminal acetylenes is 1. The summed E-state index contributed by atoms with van der Waals surface area (Å²) in [6.45, 7) is 6.06. The van der Waals surface area contributed by atoms with Gasteiger partial charge in [-0.3, -0.25) is 4.90 Å². The number of ether oxygens (including phenoxy) is 2. The molecule has 3 heterocycles. The minimum atomic E-state index is 0.0519. The maximum Gasteiger partial charge on any atom is 0.229 e. The first-order chi connectivity index (χ1) is 14.7. The Morgan fingerprint density at radius 1 is 1.10 bits per heavy atom. The molecular weight excluding hydrogens is 380 g/mol. The van der Waals surface area contributed by atoms with Crippen LogP contribution in [0.1, 0.15) is 30.0 Å². The van der Waals surface area contributed by atoms with Crippen molar-refractivity contribution in [2.24, 2.45) is 0 Å². The first kappa shape index (κ1) is 20.5. The molecule has 1 N–H and O–H groups in total. The van der Waals surface area contributed by atoms with Gasteiger partial charge < -0.3 is 19.5 Å². The molecule has 0 amide bonds. The molecule has 7 heteroatoms. The molecule has 0 unspecified atom stereocenters. The van der Waals surface area contributed by atoms with Crippen LogP contribution in [-0.4, -0.2) is 66.0 Å². The SMILES string of the molecule is C#CCOc1ccc(CN2CCC(c3cc(O)nc(N4CCOCC4)n3)CC2)cc1. The number of hydrogen-bond donors (Lipinski definition) is 1. The summed E-state index contributed by atoms with van der Waals surface area (Å²) in [5.74, 6) is 4.28. The van der Waals surface area contributed by atoms with Gasteiger partial charge in [0.25, 0.3) is 0 Å². The summed E-state index contributed by atoms with van der Waals surface area (Å²) in [4.78, 5) is 13.5. The molecule has 0 bridgehead atoms. The Hall–Kier alpha value is -2.82. The number of anilines is 1. The van der Waals surface area contributed by atoms with Crippen LogP contribution in [0.4, 0.5) is 5.95 Å². The van der Waals surface area contributed by atoms with Crippen LogP contribution in [0, 0.1) is 12.3 Å². The Labute approximate surface area is 177 Å². The highest BCUT2D eigenvalue weighted by Crippen LogP contribution is 2.30. The zero-order valence-corrected chi connectivity index (χ0v) is 17.2. The molecule has 0 spiro atoms. The third-order valence-corrected chi connectivity index (χ3v) is 5.67. The standard InChI is InChI=1S/C23H28N4O3/c1-2-13-30-20-5-3-18(4-6-20)17-26-9-7-19(8-10-26)21-16-22(28)25-23(24-21)27-11-14-29-15-12-27/h1,3-6,16,19H,7-15,17H2,(H,24,25,28). The zero-order valence-electron chi connectivity index (χ0n) is 17.2. The van der Waals surface area contributed by atoms with Gasteiger partial charge in [-0.25, -0.2) is 4.98 Å². The second kappa shape index (κ2) is 9.79. The summed E-state index contributed by atoms with van der Waals surface area (Å²) in [6, 6.07) is 9.84. The number of hydrogen-bond acceptors (Lipinski definition) is 7. The molecule has 30 heavy (non-hydrogen) atoms. The van der Waals surface area contributed by atoms with E-state index in [2.05, 4.69) is 32.8 Å². The Morgan fingerprint density at radius 2 is 1.83 bits per heavy atom. The molecule has 4 rings (SSSR count). The van der Waals surface area contributed by atoms with E-state index >= 15 is 0 Å². The van der Waals surface area contributed by atoms with Crippen molar-refractivity contribution in [2.45, 2.75) is 25.3 Å². The molecule has 0 aliphatic carbocycles. The van der Waals surface area contributed by atoms with Crippen molar-refractivity contribution >= 4 is 5.95 Å². The number of morpholine rings is 1. The Bertz CT molecular complexity index is 867. The van der Waals surface area contributed by atoms with Crippen LogP contribution in [0.5, 0.6) is 11.6 Å². The molecule has 1 aromatic carbocycles. The topological polar surface area (TPSA) is 71.0 Å². The normalized spacial score (nSPS) is 18.2. The zero-order chi connectivity index (χ0) is 20.8. The third-order valence-electron chi connectivity index (χ3n) is 5.67. The fraction of sp³-hybridized carbons (Fsp3) is 0.478. The van der Waals surface area contributed by atoms with Gasteiger partial charge in [-0.1, -0.05) is 18.1 Å². The second-order valence-corrected chi connectivity index (χ2v) is 7.74. The number of rotatable bonds is 6. The van der Waals surface area contributed by atoms with E-state index in [0.717, 1.165) is 57.0 Å². The monoisotopic (exact) mass is 408 g/mol. The summed E-state index contributed by atoms with van der Waals surface area (Å²) in [6.07, 6.45) is 7.26. The number of aromatic hydroxyl groups is 1. The van der Waals surface area contributed by atoms with Crippen LogP contribution in [-0.2, 0) is 11.3 Å². The van der Waals surface area contributed by atoms with E-state index in [-0.39, 0.29) is 5.88 Å². The average Bonchev–Trinajstić information content (AvgIpc) is 2.79. The van der Waals surface area contributed by atoms with Crippen LogP contribution in [0.2, 0.25) is 0 Å². The summed E-state index contributed by atoms with van der Waals surface area (Å²) in [5, 5.41) is 10.1. The molecule has 0 atom stereocenters. The van der Waals surface area contributed by atoms with E-state index in [1.165, 1.54) is 5.56 Å². The Kier molecular flexibility index (Phi) is 6.67.